The summed E-state index contributed by atoms with van der Waals surface area (Å²) in [4.78, 5) is 12.5. The van der Waals surface area contributed by atoms with Crippen LogP contribution in [0.5, 0.6) is 11.5 Å². The maximum Gasteiger partial charge on any atom is 0.265 e. The molecular formula is C19H23NO3. The van der Waals surface area contributed by atoms with Gasteiger partial charge in [-0.1, -0.05) is 30.7 Å². The van der Waals surface area contributed by atoms with Crippen molar-refractivity contribution >= 4 is 11.6 Å². The highest BCUT2D eigenvalue weighted by Crippen LogP contribution is 2.26. The molecular weight excluding hydrogens is 290 g/mol. The molecule has 0 saturated heterocycles. The lowest BCUT2D eigenvalue weighted by Crippen LogP contribution is -2.32. The van der Waals surface area contributed by atoms with Gasteiger partial charge in [-0.15, -0.1) is 0 Å². The molecule has 1 amide bonds. The topological polar surface area (TPSA) is 47.6 Å². The molecule has 23 heavy (non-hydrogen) atoms. The average Bonchev–Trinajstić information content (AvgIpc) is 2.54. The highest BCUT2D eigenvalue weighted by Gasteiger charge is 2.20. The van der Waals surface area contributed by atoms with Crippen molar-refractivity contribution < 1.29 is 14.3 Å². The van der Waals surface area contributed by atoms with E-state index < -0.39 is 6.10 Å². The number of hydrogen-bond acceptors (Lipinski definition) is 3. The van der Waals surface area contributed by atoms with Gasteiger partial charge in [-0.25, -0.2) is 0 Å². The molecule has 0 bridgehead atoms. The Morgan fingerprint density at radius 3 is 2.35 bits per heavy atom. The molecule has 0 saturated carbocycles. The zero-order valence-corrected chi connectivity index (χ0v) is 14.1. The third-order valence-corrected chi connectivity index (χ3v) is 3.58. The van der Waals surface area contributed by atoms with Crippen LogP contribution in [0.25, 0.3) is 0 Å². The fourth-order valence-electron chi connectivity index (χ4n) is 2.24. The van der Waals surface area contributed by atoms with Gasteiger partial charge in [-0.3, -0.25) is 4.79 Å². The summed E-state index contributed by atoms with van der Waals surface area (Å²) >= 11 is 0. The molecule has 0 unspecified atom stereocenters. The molecule has 0 fully saturated rings. The van der Waals surface area contributed by atoms with Crippen molar-refractivity contribution in [1.82, 2.24) is 0 Å². The van der Waals surface area contributed by atoms with Gasteiger partial charge in [0.05, 0.1) is 12.8 Å². The number of amides is 1. The van der Waals surface area contributed by atoms with E-state index in [0.717, 1.165) is 11.1 Å². The minimum atomic E-state index is -0.553. The van der Waals surface area contributed by atoms with E-state index in [4.69, 9.17) is 9.47 Å². The molecule has 0 aromatic heterocycles. The molecule has 1 atom stereocenters. The second-order valence-corrected chi connectivity index (χ2v) is 5.52. The first kappa shape index (κ1) is 16.9. The van der Waals surface area contributed by atoms with Crippen LogP contribution in [0, 0.1) is 13.8 Å². The Kier molecular flexibility index (Phi) is 5.63. The highest BCUT2D eigenvalue weighted by atomic mass is 16.5. The van der Waals surface area contributed by atoms with Crippen LogP contribution >= 0.6 is 0 Å². The predicted octanol–water partition coefficient (Wildman–Crippen LogP) is 4.11. The molecule has 0 spiro atoms. The van der Waals surface area contributed by atoms with Gasteiger partial charge >= 0.3 is 0 Å². The van der Waals surface area contributed by atoms with Crippen molar-refractivity contribution in [3.05, 3.63) is 53.6 Å². The number of carbonyl (C=O) groups excluding carboxylic acids is 1. The largest absolute Gasteiger partial charge is 0.495 e. The first-order valence-electron chi connectivity index (χ1n) is 7.72. The second kappa shape index (κ2) is 7.68. The summed E-state index contributed by atoms with van der Waals surface area (Å²) in [5, 5.41) is 2.90. The molecule has 4 heteroatoms. The van der Waals surface area contributed by atoms with Gasteiger partial charge in [-0.2, -0.15) is 0 Å². The zero-order chi connectivity index (χ0) is 16.8. The number of rotatable bonds is 6. The van der Waals surface area contributed by atoms with Gasteiger partial charge in [0.15, 0.2) is 6.10 Å². The third-order valence-electron chi connectivity index (χ3n) is 3.58. The molecule has 0 radical (unpaired) electrons. The summed E-state index contributed by atoms with van der Waals surface area (Å²) in [6, 6.07) is 13.3. The minimum absolute atomic E-state index is 0.183. The van der Waals surface area contributed by atoms with Gasteiger partial charge in [-0.05, 0) is 50.1 Å². The van der Waals surface area contributed by atoms with Gasteiger partial charge < -0.3 is 14.8 Å². The first-order chi connectivity index (χ1) is 11.0. The maximum atomic E-state index is 12.5. The van der Waals surface area contributed by atoms with Crippen molar-refractivity contribution in [2.45, 2.75) is 33.3 Å². The van der Waals surface area contributed by atoms with Crippen LogP contribution in [-0.4, -0.2) is 19.1 Å². The number of benzene rings is 2. The number of carbonyl (C=O) groups is 1. The van der Waals surface area contributed by atoms with E-state index in [1.165, 1.54) is 0 Å². The van der Waals surface area contributed by atoms with Crippen molar-refractivity contribution in [3.63, 3.8) is 0 Å². The van der Waals surface area contributed by atoms with Crippen LogP contribution in [-0.2, 0) is 4.79 Å². The Morgan fingerprint density at radius 2 is 1.74 bits per heavy atom. The van der Waals surface area contributed by atoms with E-state index in [1.807, 2.05) is 63.2 Å². The number of ether oxygens (including phenoxy) is 2. The van der Waals surface area contributed by atoms with Gasteiger partial charge in [0.25, 0.3) is 5.91 Å². The number of anilines is 1. The van der Waals surface area contributed by atoms with Crippen molar-refractivity contribution in [2.75, 3.05) is 12.4 Å². The Bertz CT molecular complexity index is 665. The number of nitrogens with one attached hydrogen (secondary N) is 1. The molecule has 122 valence electrons. The molecule has 2 aromatic carbocycles. The number of aryl methyl sites for hydroxylation is 2. The normalized spacial score (nSPS) is 11.7. The van der Waals surface area contributed by atoms with E-state index in [9.17, 15) is 4.79 Å². The van der Waals surface area contributed by atoms with E-state index in [0.29, 0.717) is 23.6 Å². The summed E-state index contributed by atoms with van der Waals surface area (Å²) in [6.45, 7) is 5.90. The van der Waals surface area contributed by atoms with Crippen molar-refractivity contribution in [1.29, 1.82) is 0 Å². The monoisotopic (exact) mass is 313 g/mol. The van der Waals surface area contributed by atoms with Crippen LogP contribution < -0.4 is 14.8 Å². The van der Waals surface area contributed by atoms with Gasteiger partial charge in [0.2, 0.25) is 0 Å². The Morgan fingerprint density at radius 1 is 1.09 bits per heavy atom. The smallest absolute Gasteiger partial charge is 0.265 e. The first-order valence-corrected chi connectivity index (χ1v) is 7.72. The lowest BCUT2D eigenvalue weighted by molar-refractivity contribution is -0.122. The average molecular weight is 313 g/mol. The molecule has 0 aliphatic heterocycles. The lowest BCUT2D eigenvalue weighted by atomic mass is 10.2. The van der Waals surface area contributed by atoms with Crippen LogP contribution in [0.3, 0.4) is 0 Å². The summed E-state index contributed by atoms with van der Waals surface area (Å²) in [5.74, 6) is 1.14. The number of hydrogen-bond donors (Lipinski definition) is 1. The summed E-state index contributed by atoms with van der Waals surface area (Å²) in [5.41, 5.74) is 2.86. The third kappa shape index (κ3) is 4.49. The summed E-state index contributed by atoms with van der Waals surface area (Å²) in [7, 11) is 1.58. The van der Waals surface area contributed by atoms with Crippen LogP contribution in [0.1, 0.15) is 24.5 Å². The molecule has 2 aromatic rings. The second-order valence-electron chi connectivity index (χ2n) is 5.52. The standard InChI is InChI=1S/C19H23NO3/c1-5-17(23-15-9-6-13(2)7-10-15)19(21)20-16-12-14(3)8-11-18(16)22-4/h6-12,17H,5H2,1-4H3,(H,20,21)/t17-/m0/s1. The van der Waals surface area contributed by atoms with Crippen LogP contribution in [0.4, 0.5) is 5.69 Å². The minimum Gasteiger partial charge on any atom is -0.495 e. The maximum absolute atomic E-state index is 12.5. The summed E-state index contributed by atoms with van der Waals surface area (Å²) < 4.78 is 11.1. The van der Waals surface area contributed by atoms with Crippen LogP contribution in [0.2, 0.25) is 0 Å². The van der Waals surface area contributed by atoms with E-state index in [1.54, 1.807) is 7.11 Å². The van der Waals surface area contributed by atoms with E-state index in [2.05, 4.69) is 5.32 Å². The fraction of sp³-hybridized carbons (Fsp3) is 0.316. The lowest BCUT2D eigenvalue weighted by Gasteiger charge is -2.18. The summed E-state index contributed by atoms with van der Waals surface area (Å²) in [6.07, 6.45) is 0.0244. The highest BCUT2D eigenvalue weighted by molar-refractivity contribution is 5.95. The number of methoxy groups -OCH3 is 1. The van der Waals surface area contributed by atoms with Crippen molar-refractivity contribution in [2.24, 2.45) is 0 Å². The molecule has 0 aliphatic rings. The molecule has 0 aliphatic carbocycles. The quantitative estimate of drug-likeness (QED) is 0.873. The van der Waals surface area contributed by atoms with Crippen molar-refractivity contribution in [3.8, 4) is 11.5 Å². The fourth-order valence-corrected chi connectivity index (χ4v) is 2.24. The van der Waals surface area contributed by atoms with E-state index >= 15 is 0 Å². The Hall–Kier alpha value is -2.49. The molecule has 1 N–H and O–H groups in total. The van der Waals surface area contributed by atoms with E-state index in [-0.39, 0.29) is 5.91 Å². The van der Waals surface area contributed by atoms with Gasteiger partial charge in [0.1, 0.15) is 11.5 Å². The Labute approximate surface area is 137 Å². The predicted molar refractivity (Wildman–Crippen MR) is 92.2 cm³/mol. The Balaban J connectivity index is 2.11. The van der Waals surface area contributed by atoms with Gasteiger partial charge in [0, 0.05) is 0 Å². The van der Waals surface area contributed by atoms with Crippen LogP contribution in [0.15, 0.2) is 42.5 Å². The zero-order valence-electron chi connectivity index (χ0n) is 14.1. The molecule has 0 heterocycles. The molecule has 4 nitrogen and oxygen atoms in total. The molecule has 2 rings (SSSR count). The SMILES string of the molecule is CC[C@H](Oc1ccc(C)cc1)C(=O)Nc1cc(C)ccc1OC.